The van der Waals surface area contributed by atoms with E-state index in [1.54, 1.807) is 20.8 Å². The Balaban J connectivity index is 1.92. The highest BCUT2D eigenvalue weighted by Crippen LogP contribution is 2.08. The van der Waals surface area contributed by atoms with Crippen LogP contribution < -0.4 is 16.2 Å². The number of benzene rings is 2. The van der Waals surface area contributed by atoms with Crippen molar-refractivity contribution in [2.75, 3.05) is 0 Å². The first-order valence-corrected chi connectivity index (χ1v) is 9.53. The predicted octanol–water partition coefficient (Wildman–Crippen LogP) is 3.08. The van der Waals surface area contributed by atoms with Crippen LogP contribution in [0.25, 0.3) is 0 Å². The topological polar surface area (TPSA) is 106 Å². The summed E-state index contributed by atoms with van der Waals surface area (Å²) in [7, 11) is 0. The maximum atomic E-state index is 12.6. The van der Waals surface area contributed by atoms with Crippen molar-refractivity contribution >= 4 is 18.1 Å². The number of carbonyl (C=O) groups excluding carboxylic acids is 3. The van der Waals surface area contributed by atoms with Gasteiger partial charge in [-0.15, -0.1) is 0 Å². The number of rotatable bonds is 6. The summed E-state index contributed by atoms with van der Waals surface area (Å²) in [4.78, 5) is 36.6. The third-order valence-electron chi connectivity index (χ3n) is 3.79. The Morgan fingerprint density at radius 2 is 1.40 bits per heavy atom. The van der Waals surface area contributed by atoms with E-state index in [1.165, 1.54) is 0 Å². The third kappa shape index (κ3) is 8.64. The lowest BCUT2D eigenvalue weighted by molar-refractivity contribution is -0.124. The number of amides is 3. The molecule has 30 heavy (non-hydrogen) atoms. The van der Waals surface area contributed by atoms with Gasteiger partial charge in [-0.1, -0.05) is 60.7 Å². The maximum absolute atomic E-state index is 12.6. The molecular weight excluding hydrogens is 386 g/mol. The smallest absolute Gasteiger partial charge is 0.426 e. The van der Waals surface area contributed by atoms with Gasteiger partial charge in [0.25, 0.3) is 5.91 Å². The number of alkyl carbamates (subject to hydrolysis) is 1. The van der Waals surface area contributed by atoms with Gasteiger partial charge < -0.3 is 14.8 Å². The molecule has 0 aromatic heterocycles. The number of ether oxygens (including phenoxy) is 2. The molecule has 0 saturated carbocycles. The maximum Gasteiger partial charge on any atom is 0.426 e. The molecule has 0 fully saturated rings. The average Bonchev–Trinajstić information content (AvgIpc) is 2.70. The van der Waals surface area contributed by atoms with Gasteiger partial charge in [-0.25, -0.2) is 15.0 Å². The van der Waals surface area contributed by atoms with E-state index in [2.05, 4.69) is 16.2 Å². The fourth-order valence-corrected chi connectivity index (χ4v) is 2.47. The molecule has 0 aliphatic rings. The Kier molecular flexibility index (Phi) is 8.22. The molecule has 0 aliphatic carbocycles. The summed E-state index contributed by atoms with van der Waals surface area (Å²) in [6, 6.07) is 17.4. The summed E-state index contributed by atoms with van der Waals surface area (Å²) >= 11 is 0. The lowest BCUT2D eigenvalue weighted by Crippen LogP contribution is -2.53. The van der Waals surface area contributed by atoms with Crippen molar-refractivity contribution in [3.63, 3.8) is 0 Å². The minimum Gasteiger partial charge on any atom is -0.444 e. The Labute approximate surface area is 175 Å². The molecule has 8 heteroatoms. The molecule has 0 heterocycles. The second-order valence-corrected chi connectivity index (χ2v) is 7.56. The van der Waals surface area contributed by atoms with E-state index in [0.717, 1.165) is 11.1 Å². The van der Waals surface area contributed by atoms with Crippen LogP contribution >= 0.6 is 0 Å². The standard InChI is InChI=1S/C22H27N3O5/c1-22(2,3)30-20(27)23-18(14-16-10-6-4-7-11-16)19(26)24-25-21(28)29-15-17-12-8-5-9-13-17/h4-13,18H,14-15H2,1-3H3,(H,23,27)(H,24,26)(H,25,28)/t18-/m1/s1. The molecule has 0 bridgehead atoms. The molecule has 1 atom stereocenters. The van der Waals surface area contributed by atoms with E-state index in [9.17, 15) is 14.4 Å². The van der Waals surface area contributed by atoms with Crippen molar-refractivity contribution in [3.05, 3.63) is 71.8 Å². The predicted molar refractivity (Wildman–Crippen MR) is 111 cm³/mol. The summed E-state index contributed by atoms with van der Waals surface area (Å²) < 4.78 is 10.3. The number of hydrogen-bond donors (Lipinski definition) is 3. The molecule has 0 radical (unpaired) electrons. The molecule has 2 aromatic carbocycles. The zero-order chi connectivity index (χ0) is 22.0. The first-order chi connectivity index (χ1) is 14.2. The van der Waals surface area contributed by atoms with Crippen LogP contribution in [0.15, 0.2) is 60.7 Å². The molecule has 0 saturated heterocycles. The lowest BCUT2D eigenvalue weighted by Gasteiger charge is -2.23. The van der Waals surface area contributed by atoms with Gasteiger partial charge in [-0.05, 0) is 31.9 Å². The molecule has 2 rings (SSSR count). The second-order valence-electron chi connectivity index (χ2n) is 7.56. The van der Waals surface area contributed by atoms with Crippen LogP contribution in [0.4, 0.5) is 9.59 Å². The van der Waals surface area contributed by atoms with E-state index in [1.807, 2.05) is 60.7 Å². The summed E-state index contributed by atoms with van der Waals surface area (Å²) in [6.07, 6.45) is -1.33. The summed E-state index contributed by atoms with van der Waals surface area (Å²) in [5.74, 6) is -0.610. The fourth-order valence-electron chi connectivity index (χ4n) is 2.47. The van der Waals surface area contributed by atoms with Gasteiger partial charge >= 0.3 is 12.2 Å². The molecule has 0 aliphatic heterocycles. The van der Waals surface area contributed by atoms with Crippen molar-refractivity contribution in [2.24, 2.45) is 0 Å². The largest absolute Gasteiger partial charge is 0.444 e. The fraction of sp³-hybridized carbons (Fsp3) is 0.318. The van der Waals surface area contributed by atoms with E-state index >= 15 is 0 Å². The van der Waals surface area contributed by atoms with Gasteiger partial charge in [-0.3, -0.25) is 10.2 Å². The van der Waals surface area contributed by atoms with Crippen LogP contribution in [0, 0.1) is 0 Å². The van der Waals surface area contributed by atoms with Crippen LogP contribution in [0.2, 0.25) is 0 Å². The second kappa shape index (κ2) is 10.8. The van der Waals surface area contributed by atoms with Gasteiger partial charge in [0.15, 0.2) is 0 Å². The Morgan fingerprint density at radius 3 is 1.97 bits per heavy atom. The zero-order valence-electron chi connectivity index (χ0n) is 17.3. The summed E-state index contributed by atoms with van der Waals surface area (Å²) in [5, 5.41) is 2.54. The van der Waals surface area contributed by atoms with E-state index in [-0.39, 0.29) is 13.0 Å². The highest BCUT2D eigenvalue weighted by atomic mass is 16.6. The van der Waals surface area contributed by atoms with Crippen molar-refractivity contribution in [1.82, 2.24) is 16.2 Å². The number of hydrazine groups is 1. The van der Waals surface area contributed by atoms with E-state index in [4.69, 9.17) is 9.47 Å². The Bertz CT molecular complexity index is 835. The third-order valence-corrected chi connectivity index (χ3v) is 3.79. The lowest BCUT2D eigenvalue weighted by atomic mass is 10.1. The number of nitrogens with one attached hydrogen (secondary N) is 3. The van der Waals surface area contributed by atoms with Crippen molar-refractivity contribution in [2.45, 2.75) is 45.4 Å². The van der Waals surface area contributed by atoms with Crippen LogP contribution in [-0.2, 0) is 27.3 Å². The molecular formula is C22H27N3O5. The molecule has 2 aromatic rings. The van der Waals surface area contributed by atoms with Gasteiger partial charge in [0.05, 0.1) is 0 Å². The van der Waals surface area contributed by atoms with Crippen molar-refractivity contribution in [1.29, 1.82) is 0 Å². The van der Waals surface area contributed by atoms with Crippen LogP contribution in [0.1, 0.15) is 31.9 Å². The average molecular weight is 413 g/mol. The van der Waals surface area contributed by atoms with E-state index < -0.39 is 29.7 Å². The summed E-state index contributed by atoms with van der Waals surface area (Å²) in [6.45, 7) is 5.24. The normalized spacial score (nSPS) is 11.7. The first-order valence-electron chi connectivity index (χ1n) is 9.53. The summed E-state index contributed by atoms with van der Waals surface area (Å²) in [5.41, 5.74) is 5.40. The van der Waals surface area contributed by atoms with Crippen LogP contribution in [-0.4, -0.2) is 29.7 Å². The van der Waals surface area contributed by atoms with Gasteiger partial charge in [0.2, 0.25) is 0 Å². The number of carbonyl (C=O) groups is 3. The first kappa shape index (κ1) is 22.7. The quantitative estimate of drug-likeness (QED) is 0.631. The minimum atomic E-state index is -0.961. The van der Waals surface area contributed by atoms with Gasteiger partial charge in [0, 0.05) is 6.42 Å². The molecule has 3 N–H and O–H groups in total. The van der Waals surface area contributed by atoms with Gasteiger partial charge in [-0.2, -0.15) is 0 Å². The monoisotopic (exact) mass is 413 g/mol. The Morgan fingerprint density at radius 1 is 0.833 bits per heavy atom. The van der Waals surface area contributed by atoms with Crippen molar-refractivity contribution in [3.8, 4) is 0 Å². The number of hydrogen-bond acceptors (Lipinski definition) is 5. The minimum absolute atomic E-state index is 0.0617. The zero-order valence-corrected chi connectivity index (χ0v) is 17.3. The highest BCUT2D eigenvalue weighted by Gasteiger charge is 2.25. The highest BCUT2D eigenvalue weighted by molar-refractivity contribution is 5.87. The molecule has 8 nitrogen and oxygen atoms in total. The van der Waals surface area contributed by atoms with Gasteiger partial charge in [0.1, 0.15) is 18.2 Å². The van der Waals surface area contributed by atoms with Crippen LogP contribution in [0.3, 0.4) is 0 Å². The molecule has 0 spiro atoms. The SMILES string of the molecule is CC(C)(C)OC(=O)N[C@H](Cc1ccccc1)C(=O)NNC(=O)OCc1ccccc1. The van der Waals surface area contributed by atoms with Crippen molar-refractivity contribution < 1.29 is 23.9 Å². The Hall–Kier alpha value is -3.55. The van der Waals surface area contributed by atoms with Crippen LogP contribution in [0.5, 0.6) is 0 Å². The molecule has 0 unspecified atom stereocenters. The molecule has 160 valence electrons. The van der Waals surface area contributed by atoms with E-state index in [0.29, 0.717) is 0 Å². The molecule has 3 amide bonds.